The first-order chi connectivity index (χ1) is 24.6. The molecule has 0 aromatic carbocycles. The second-order valence-electron chi connectivity index (χ2n) is 20.9. The summed E-state index contributed by atoms with van der Waals surface area (Å²) in [6, 6.07) is 0. The Morgan fingerprint density at radius 1 is 0.873 bits per heavy atom. The van der Waals surface area contributed by atoms with Crippen molar-refractivity contribution in [2.75, 3.05) is 13.2 Å². The molecular formula is C43H82FNO6SSi3. The Bertz CT molecular complexity index is 1430. The summed E-state index contributed by atoms with van der Waals surface area (Å²) in [6.07, 6.45) is 2.47. The monoisotopic (exact) mass is 844 g/mol. The van der Waals surface area contributed by atoms with Crippen LogP contribution in [0.3, 0.4) is 0 Å². The minimum Gasteiger partial charge on any atom is -0.417 e. The summed E-state index contributed by atoms with van der Waals surface area (Å²) in [5, 5.41) is 14.2. The van der Waals surface area contributed by atoms with Crippen LogP contribution >= 0.6 is 11.3 Å². The van der Waals surface area contributed by atoms with Crippen LogP contribution in [0.15, 0.2) is 22.9 Å². The van der Waals surface area contributed by atoms with Crippen LogP contribution in [0.25, 0.3) is 6.08 Å². The third-order valence-corrected chi connectivity index (χ3v) is 27.1. The van der Waals surface area contributed by atoms with Gasteiger partial charge < -0.3 is 23.1 Å². The van der Waals surface area contributed by atoms with Gasteiger partial charge in [-0.1, -0.05) is 94.7 Å². The van der Waals surface area contributed by atoms with Gasteiger partial charge in [0.15, 0.2) is 25.0 Å². The largest absolute Gasteiger partial charge is 0.417 e. The first kappa shape index (κ1) is 52.2. The van der Waals surface area contributed by atoms with Crippen LogP contribution in [0, 0.1) is 18.3 Å². The first-order valence-electron chi connectivity index (χ1n) is 20.4. The fourth-order valence-corrected chi connectivity index (χ4v) is 9.77. The van der Waals surface area contributed by atoms with E-state index in [1.54, 1.807) is 6.92 Å². The molecule has 0 saturated heterocycles. The standard InChI is InChI=1S/C43H82FNO6SSi3/c1-30(22-23-36(50-54(18,19)41(8,9)10)35(44)28-34-29-52-33(4)45-34)24-26-48-32(3)38(46)31(2)39(47)43(14,15)37(51-55(20,21)42(11,12)13)25-27-49-53(16,17)40(5,6)7/h22,28-29,31-32,36-38,46H,23-27H2,1-21H3/b30-22-,35-28+/t31-,32-,36+,37+,38+/m1/s1. The fraction of sp³-hybridized carbons (Fsp3) is 0.814. The summed E-state index contributed by atoms with van der Waals surface area (Å²) in [4.78, 5) is 18.7. The van der Waals surface area contributed by atoms with E-state index in [0.717, 1.165) is 10.6 Å². The van der Waals surface area contributed by atoms with E-state index in [-0.39, 0.29) is 32.8 Å². The van der Waals surface area contributed by atoms with Gasteiger partial charge in [0.1, 0.15) is 17.7 Å². The maximum atomic E-state index is 15.7. The molecule has 0 amide bonds. The molecule has 1 rings (SSSR count). The zero-order chi connectivity index (χ0) is 43.2. The van der Waals surface area contributed by atoms with E-state index < -0.39 is 54.6 Å². The number of halogens is 1. The Balaban J connectivity index is 3.07. The highest BCUT2D eigenvalue weighted by Crippen LogP contribution is 2.43. The molecule has 7 nitrogen and oxygen atoms in total. The molecule has 1 N–H and O–H groups in total. The van der Waals surface area contributed by atoms with Crippen molar-refractivity contribution in [3.8, 4) is 0 Å². The van der Waals surface area contributed by atoms with Gasteiger partial charge in [0.2, 0.25) is 0 Å². The second-order valence-corrected chi connectivity index (χ2v) is 36.3. The van der Waals surface area contributed by atoms with Crippen molar-refractivity contribution in [2.24, 2.45) is 11.3 Å². The van der Waals surface area contributed by atoms with E-state index in [1.165, 1.54) is 17.4 Å². The molecule has 0 unspecified atom stereocenters. The quantitative estimate of drug-likeness (QED) is 0.0974. The van der Waals surface area contributed by atoms with Gasteiger partial charge in [0.25, 0.3) is 0 Å². The highest BCUT2D eigenvalue weighted by Gasteiger charge is 2.48. The van der Waals surface area contributed by atoms with Gasteiger partial charge in [-0.2, -0.15) is 0 Å². The number of hydrogen-bond acceptors (Lipinski definition) is 8. The number of Topliss-reactive ketones (excluding diaryl/α,β-unsaturated/α-hetero) is 1. The molecule has 320 valence electrons. The van der Waals surface area contributed by atoms with Gasteiger partial charge in [-0.25, -0.2) is 9.37 Å². The second kappa shape index (κ2) is 19.9. The molecular weight excluding hydrogens is 762 g/mol. The van der Waals surface area contributed by atoms with Crippen molar-refractivity contribution in [2.45, 2.75) is 202 Å². The molecule has 12 heteroatoms. The Kier molecular flexibility index (Phi) is 18.9. The Morgan fingerprint density at radius 3 is 1.85 bits per heavy atom. The number of rotatable bonds is 21. The van der Waals surface area contributed by atoms with Gasteiger partial charge >= 0.3 is 0 Å². The normalized spacial score (nSPS) is 17.6. The number of carbonyl (C=O) groups is 1. The summed E-state index contributed by atoms with van der Waals surface area (Å²) in [5.41, 5.74) is 0.783. The fourth-order valence-electron chi connectivity index (χ4n) is 5.39. The van der Waals surface area contributed by atoms with Crippen LogP contribution in [0.5, 0.6) is 0 Å². The number of carbonyl (C=O) groups excluding carboxylic acids is 1. The summed E-state index contributed by atoms with van der Waals surface area (Å²) in [7, 11) is -6.51. The first-order valence-corrected chi connectivity index (χ1v) is 30.0. The summed E-state index contributed by atoms with van der Waals surface area (Å²) in [5.74, 6) is -1.04. The third-order valence-electron chi connectivity index (χ3n) is 12.8. The molecule has 1 heterocycles. The molecule has 0 bridgehead atoms. The van der Waals surface area contributed by atoms with Crippen LogP contribution in [0.4, 0.5) is 4.39 Å². The van der Waals surface area contributed by atoms with E-state index in [4.69, 9.17) is 18.0 Å². The predicted octanol–water partition coefficient (Wildman–Crippen LogP) is 12.7. The van der Waals surface area contributed by atoms with Crippen LogP contribution in [0.2, 0.25) is 54.4 Å². The van der Waals surface area contributed by atoms with Crippen molar-refractivity contribution >= 4 is 48.1 Å². The molecule has 0 radical (unpaired) electrons. The van der Waals surface area contributed by atoms with Crippen molar-refractivity contribution in [1.29, 1.82) is 0 Å². The number of hydrogen-bond donors (Lipinski definition) is 1. The zero-order valence-corrected chi connectivity index (χ0v) is 42.7. The third kappa shape index (κ3) is 15.4. The molecule has 5 atom stereocenters. The van der Waals surface area contributed by atoms with Gasteiger partial charge in [-0.05, 0) is 101 Å². The van der Waals surface area contributed by atoms with Crippen molar-refractivity contribution in [3.05, 3.63) is 33.6 Å². The number of ether oxygens (including phenoxy) is 1. The summed E-state index contributed by atoms with van der Waals surface area (Å²) >= 11 is 1.49. The smallest absolute Gasteiger partial charge is 0.193 e. The number of aliphatic hydroxyl groups excluding tert-OH is 1. The predicted molar refractivity (Wildman–Crippen MR) is 240 cm³/mol. The summed E-state index contributed by atoms with van der Waals surface area (Å²) < 4.78 is 42.0. The molecule has 0 aliphatic heterocycles. The number of aromatic nitrogens is 1. The molecule has 0 aliphatic rings. The van der Waals surface area contributed by atoms with Crippen molar-refractivity contribution < 1.29 is 32.3 Å². The average molecular weight is 844 g/mol. The number of ketones is 1. The molecule has 0 saturated carbocycles. The SMILES string of the molecule is C/C(=C/C[C@H](O[Si](C)(C)C(C)(C)C)/C(F)=C\c1csc(C)n1)CCO[C@H](C)[C@@H](O)[C@@H](C)C(=O)C(C)(C)[C@H](CCO[Si](C)(C)C(C)(C)C)O[Si](C)(C)C(C)(C)C. The average Bonchev–Trinajstić information content (AvgIpc) is 3.43. The lowest BCUT2D eigenvalue weighted by molar-refractivity contribution is -0.144. The highest BCUT2D eigenvalue weighted by molar-refractivity contribution is 7.09. The highest BCUT2D eigenvalue weighted by atomic mass is 32.1. The molecule has 0 spiro atoms. The van der Waals surface area contributed by atoms with E-state index in [9.17, 15) is 9.90 Å². The van der Waals surface area contributed by atoms with Crippen molar-refractivity contribution in [1.82, 2.24) is 4.98 Å². The number of nitrogens with zero attached hydrogens (tertiary/aromatic N) is 1. The molecule has 1 aromatic heterocycles. The lowest BCUT2D eigenvalue weighted by Crippen LogP contribution is -2.53. The number of thiazole rings is 1. The van der Waals surface area contributed by atoms with Crippen LogP contribution in [-0.4, -0.2) is 78.5 Å². The Labute approximate surface area is 344 Å². The lowest BCUT2D eigenvalue weighted by Gasteiger charge is -2.45. The molecule has 1 aromatic rings. The van der Waals surface area contributed by atoms with Gasteiger partial charge in [0.05, 0.1) is 35.6 Å². The summed E-state index contributed by atoms with van der Waals surface area (Å²) in [6.45, 7) is 45.3. The molecule has 0 aliphatic carbocycles. The van der Waals surface area contributed by atoms with Crippen LogP contribution in [0.1, 0.15) is 127 Å². The van der Waals surface area contributed by atoms with E-state index >= 15 is 4.39 Å². The Morgan fingerprint density at radius 2 is 1.38 bits per heavy atom. The van der Waals surface area contributed by atoms with Gasteiger partial charge in [-0.3, -0.25) is 4.79 Å². The van der Waals surface area contributed by atoms with Crippen LogP contribution in [-0.2, 0) is 22.8 Å². The van der Waals surface area contributed by atoms with E-state index in [0.29, 0.717) is 38.2 Å². The minimum atomic E-state index is -2.27. The number of aliphatic hydroxyl groups is 1. The lowest BCUT2D eigenvalue weighted by atomic mass is 9.74. The minimum absolute atomic E-state index is 0.0327. The number of aryl methyl sites for hydroxylation is 1. The maximum Gasteiger partial charge on any atom is 0.193 e. The molecule has 0 fully saturated rings. The Hall–Kier alpha value is -0.839. The van der Waals surface area contributed by atoms with Crippen molar-refractivity contribution in [3.63, 3.8) is 0 Å². The maximum absolute atomic E-state index is 15.7. The molecule has 55 heavy (non-hydrogen) atoms. The van der Waals surface area contributed by atoms with Gasteiger partial charge in [0, 0.05) is 23.3 Å². The van der Waals surface area contributed by atoms with E-state index in [1.807, 2.05) is 46.1 Å². The van der Waals surface area contributed by atoms with Gasteiger partial charge in [-0.15, -0.1) is 11.3 Å². The van der Waals surface area contributed by atoms with E-state index in [2.05, 4.69) is 107 Å². The van der Waals surface area contributed by atoms with Crippen LogP contribution < -0.4 is 0 Å². The zero-order valence-electron chi connectivity index (χ0n) is 38.9. The topological polar surface area (TPSA) is 87.1 Å².